The maximum atomic E-state index is 10.5. The second-order valence-corrected chi connectivity index (χ2v) is 4.31. The molecule has 4 N–H and O–H groups in total. The molecule has 0 aliphatic heterocycles. The second-order valence-electron chi connectivity index (χ2n) is 4.31. The summed E-state index contributed by atoms with van der Waals surface area (Å²) in [6, 6.07) is 11.0. The summed E-state index contributed by atoms with van der Waals surface area (Å²) in [4.78, 5) is 41.9. The predicted octanol–water partition coefficient (Wildman–Crippen LogP) is 3.06. The zero-order valence-electron chi connectivity index (χ0n) is 15.2. The molecule has 0 aromatic heterocycles. The van der Waals surface area contributed by atoms with E-state index >= 15 is 0 Å². The Hall–Kier alpha value is -0.719. The van der Waals surface area contributed by atoms with Crippen LogP contribution in [0.5, 0.6) is 0 Å². The van der Waals surface area contributed by atoms with E-state index in [0.29, 0.717) is 0 Å². The van der Waals surface area contributed by atoms with Gasteiger partial charge in [0.25, 0.3) is 0 Å². The van der Waals surface area contributed by atoms with Crippen molar-refractivity contribution in [2.24, 2.45) is 0 Å². The Bertz CT molecular complexity index is 679. The molecule has 30 heavy (non-hydrogen) atoms. The molecule has 0 aliphatic carbocycles. The van der Waals surface area contributed by atoms with E-state index in [2.05, 4.69) is 0 Å². The zero-order chi connectivity index (χ0) is 18.3. The Balaban J connectivity index is -0.0000000800. The van der Waals surface area contributed by atoms with E-state index in [9.17, 15) is 19.2 Å². The first-order valence-corrected chi connectivity index (χ1v) is 6.37. The first-order chi connectivity index (χ1) is 11.3. The molecule has 0 unspecified atom stereocenters. The average Bonchev–Trinajstić information content (AvgIpc) is 2.55. The van der Waals surface area contributed by atoms with Crippen LogP contribution in [0.2, 0.25) is 0 Å². The van der Waals surface area contributed by atoms with Crippen molar-refractivity contribution < 1.29 is 129 Å². The summed E-state index contributed by atoms with van der Waals surface area (Å²) in [5, 5.41) is 34.2. The first-order valence-electron chi connectivity index (χ1n) is 6.37. The van der Waals surface area contributed by atoms with Crippen molar-refractivity contribution >= 4 is 23.9 Å². The van der Waals surface area contributed by atoms with Crippen LogP contribution in [-0.2, 0) is 89.5 Å². The maximum absolute atomic E-state index is 10.5. The molecule has 0 atom stereocenters. The zero-order valence-corrected chi connectivity index (χ0v) is 21.2. The summed E-state index contributed by atoms with van der Waals surface area (Å²) in [5.41, 5.74) is -0.759. The van der Waals surface area contributed by atoms with Gasteiger partial charge in [-0.25, -0.2) is 19.2 Å². The smallest absolute Gasteiger partial charge is 0.478 e. The van der Waals surface area contributed by atoms with E-state index in [1.165, 1.54) is 48.5 Å². The van der Waals surface area contributed by atoms with E-state index in [0.717, 1.165) is 0 Å². The number of carbonyl (C=O) groups is 4. The fourth-order valence-corrected chi connectivity index (χ4v) is 1.71. The minimum absolute atomic E-state index is 0. The minimum Gasteiger partial charge on any atom is -0.478 e. The number of carboxylic acids is 4. The monoisotopic (exact) mass is 790 g/mol. The van der Waals surface area contributed by atoms with Crippen LogP contribution in [0.4, 0.5) is 0 Å². The van der Waals surface area contributed by atoms with Gasteiger partial charge in [-0.05, 0) is 24.3 Å². The SMILES string of the molecule is O=C(O)c1ccccc1C(=O)O.O=C(O)c1ccccc1C(=O)O.[Ag+].[Ag+].[Ag].[Ag].[CH3-].[CH3-]. The van der Waals surface area contributed by atoms with Gasteiger partial charge >= 0.3 is 68.6 Å². The van der Waals surface area contributed by atoms with Gasteiger partial charge in [0, 0.05) is 44.8 Å². The van der Waals surface area contributed by atoms with Gasteiger partial charge in [-0.1, -0.05) is 24.3 Å². The molecule has 0 aliphatic rings. The van der Waals surface area contributed by atoms with Crippen LogP contribution in [0.1, 0.15) is 41.4 Å². The van der Waals surface area contributed by atoms with E-state index in [1.54, 1.807) is 0 Å². The van der Waals surface area contributed by atoms with Crippen molar-refractivity contribution in [1.29, 1.82) is 0 Å². The van der Waals surface area contributed by atoms with Crippen molar-refractivity contribution in [2.45, 2.75) is 0 Å². The Labute approximate surface area is 236 Å². The third-order valence-corrected chi connectivity index (χ3v) is 2.78. The molecule has 2 aromatic carbocycles. The molecule has 0 amide bonds. The largest absolute Gasteiger partial charge is 1.00 e. The molecular formula is C18H18Ag4O8. The normalized spacial score (nSPS) is 7.47. The number of rotatable bonds is 4. The predicted molar refractivity (Wildman–Crippen MR) is 93.5 cm³/mol. The van der Waals surface area contributed by atoms with Crippen molar-refractivity contribution in [3.05, 3.63) is 85.6 Å². The Kier molecular flexibility index (Phi) is 31.0. The van der Waals surface area contributed by atoms with Gasteiger partial charge in [0.05, 0.1) is 22.3 Å². The number of aromatic carboxylic acids is 4. The van der Waals surface area contributed by atoms with Gasteiger partial charge in [-0.15, -0.1) is 0 Å². The third-order valence-electron chi connectivity index (χ3n) is 2.78. The van der Waals surface area contributed by atoms with Crippen molar-refractivity contribution in [3.8, 4) is 0 Å². The molecule has 182 valence electrons. The Morgan fingerprint density at radius 1 is 0.467 bits per heavy atom. The maximum Gasteiger partial charge on any atom is 1.00 e. The third kappa shape index (κ3) is 13.6. The molecule has 0 spiro atoms. The van der Waals surface area contributed by atoms with Crippen LogP contribution in [0.25, 0.3) is 0 Å². The summed E-state index contributed by atoms with van der Waals surface area (Å²) in [5.74, 6) is -4.91. The van der Waals surface area contributed by atoms with E-state index in [1.807, 2.05) is 0 Å². The van der Waals surface area contributed by atoms with Gasteiger partial charge in [-0.3, -0.25) is 0 Å². The van der Waals surface area contributed by atoms with Crippen molar-refractivity contribution in [1.82, 2.24) is 0 Å². The van der Waals surface area contributed by atoms with Gasteiger partial charge < -0.3 is 35.3 Å². The standard InChI is InChI=1S/2C8H6O4.2CH3.4Ag/c2*9-7(10)5-3-1-2-4-6(5)8(11)12;;;;;;/h2*1-4H,(H,9,10)(H,11,12);2*1H3;;;;/q;;2*-1;;;2*+1. The minimum atomic E-state index is -1.23. The number of carboxylic acid groups (broad SMARTS) is 4. The van der Waals surface area contributed by atoms with Crippen LogP contribution in [0, 0.1) is 14.9 Å². The summed E-state index contributed by atoms with van der Waals surface area (Å²) in [6.07, 6.45) is 0. The Morgan fingerprint density at radius 2 is 0.600 bits per heavy atom. The fourth-order valence-electron chi connectivity index (χ4n) is 1.71. The number of hydrogen-bond donors (Lipinski definition) is 4. The molecule has 2 rings (SSSR count). The summed E-state index contributed by atoms with van der Waals surface area (Å²) >= 11 is 0. The van der Waals surface area contributed by atoms with Gasteiger partial charge in [-0.2, -0.15) is 0 Å². The van der Waals surface area contributed by atoms with Crippen LogP contribution >= 0.6 is 0 Å². The molecule has 0 heterocycles. The van der Waals surface area contributed by atoms with Crippen LogP contribution in [0.15, 0.2) is 48.5 Å². The summed E-state index contributed by atoms with van der Waals surface area (Å²) < 4.78 is 0. The van der Waals surface area contributed by atoms with Crippen LogP contribution in [-0.4, -0.2) is 44.3 Å². The first kappa shape index (κ1) is 43.2. The van der Waals surface area contributed by atoms with E-state index in [-0.39, 0.29) is 127 Å². The molecule has 0 saturated heterocycles. The fraction of sp³-hybridized carbons (Fsp3) is 0. The topological polar surface area (TPSA) is 149 Å². The van der Waals surface area contributed by atoms with Crippen LogP contribution in [0.3, 0.4) is 0 Å². The molecule has 0 fully saturated rings. The average molecular weight is 794 g/mol. The molecule has 2 radical (unpaired) electrons. The van der Waals surface area contributed by atoms with Gasteiger partial charge in [0.2, 0.25) is 0 Å². The molecule has 12 heteroatoms. The van der Waals surface area contributed by atoms with E-state index < -0.39 is 23.9 Å². The van der Waals surface area contributed by atoms with Gasteiger partial charge in [0.1, 0.15) is 0 Å². The second kappa shape index (κ2) is 21.5. The number of hydrogen-bond acceptors (Lipinski definition) is 4. The quantitative estimate of drug-likeness (QED) is 0.273. The molecule has 0 bridgehead atoms. The van der Waals surface area contributed by atoms with Gasteiger partial charge in [0.15, 0.2) is 0 Å². The summed E-state index contributed by atoms with van der Waals surface area (Å²) in [6.45, 7) is 0. The molecule has 2 aromatic rings. The Morgan fingerprint density at radius 3 is 0.700 bits per heavy atom. The van der Waals surface area contributed by atoms with Crippen molar-refractivity contribution in [2.75, 3.05) is 0 Å². The molecule has 0 saturated carbocycles. The van der Waals surface area contributed by atoms with E-state index in [4.69, 9.17) is 20.4 Å². The molecule has 8 nitrogen and oxygen atoms in total. The van der Waals surface area contributed by atoms with Crippen LogP contribution < -0.4 is 0 Å². The van der Waals surface area contributed by atoms with Crippen molar-refractivity contribution in [3.63, 3.8) is 0 Å². The summed E-state index contributed by atoms with van der Waals surface area (Å²) in [7, 11) is 0. The molecular weight excluding hydrogens is 776 g/mol. The number of benzene rings is 2.